The van der Waals surface area contributed by atoms with Crippen molar-refractivity contribution in [1.82, 2.24) is 13.9 Å². The minimum absolute atomic E-state index is 0.0161. The normalized spacial score (nSPS) is 17.9. The zero-order chi connectivity index (χ0) is 18.7. The van der Waals surface area contributed by atoms with Crippen LogP contribution in [0.4, 0.5) is 0 Å². The van der Waals surface area contributed by atoms with E-state index in [4.69, 9.17) is 0 Å². The van der Waals surface area contributed by atoms with Crippen LogP contribution in [0.25, 0.3) is 0 Å². The Bertz CT molecular complexity index is 781. The lowest BCUT2D eigenvalue weighted by Gasteiger charge is -2.31. The molecule has 1 aromatic carbocycles. The molecule has 0 unspecified atom stereocenters. The van der Waals surface area contributed by atoms with Gasteiger partial charge in [-0.05, 0) is 38.1 Å². The van der Waals surface area contributed by atoms with E-state index in [1.807, 2.05) is 7.05 Å². The average Bonchev–Trinajstić information content (AvgIpc) is 2.62. The second-order valence-corrected chi connectivity index (χ2v) is 9.91. The number of benzene rings is 1. The van der Waals surface area contributed by atoms with Crippen LogP contribution in [0.5, 0.6) is 0 Å². The van der Waals surface area contributed by atoms with Crippen LogP contribution in [0.2, 0.25) is 0 Å². The number of sulfonamides is 2. The molecule has 1 aliphatic heterocycles. The first-order valence-electron chi connectivity index (χ1n) is 8.55. The molecule has 1 aromatic rings. The SMILES string of the molecule is CCN(CC)S(=O)(=O)c1cccc(S(=O)(=O)N2CCC(NC)CC2)c1. The number of hydrogen-bond acceptors (Lipinski definition) is 5. The number of piperidine rings is 1. The van der Waals surface area contributed by atoms with Gasteiger partial charge in [0.2, 0.25) is 20.0 Å². The molecule has 25 heavy (non-hydrogen) atoms. The van der Waals surface area contributed by atoms with Crippen LogP contribution in [0.15, 0.2) is 34.1 Å². The van der Waals surface area contributed by atoms with Crippen molar-refractivity contribution in [2.45, 2.75) is 42.5 Å². The summed E-state index contributed by atoms with van der Waals surface area (Å²) in [6.45, 7) is 5.06. The van der Waals surface area contributed by atoms with Crippen molar-refractivity contribution < 1.29 is 16.8 Å². The lowest BCUT2D eigenvalue weighted by atomic mass is 10.1. The van der Waals surface area contributed by atoms with Crippen LogP contribution in [0.3, 0.4) is 0 Å². The summed E-state index contributed by atoms with van der Waals surface area (Å²) in [4.78, 5) is 0.0472. The summed E-state index contributed by atoms with van der Waals surface area (Å²) in [5.41, 5.74) is 0. The second kappa shape index (κ2) is 8.13. The average molecular weight is 390 g/mol. The molecule has 1 heterocycles. The highest BCUT2D eigenvalue weighted by molar-refractivity contribution is 7.90. The zero-order valence-electron chi connectivity index (χ0n) is 15.0. The summed E-state index contributed by atoms with van der Waals surface area (Å²) < 4.78 is 53.8. The third-order valence-electron chi connectivity index (χ3n) is 4.65. The van der Waals surface area contributed by atoms with Crippen molar-refractivity contribution in [2.24, 2.45) is 0 Å². The Morgan fingerprint density at radius 1 is 1.08 bits per heavy atom. The molecule has 1 saturated heterocycles. The maximum Gasteiger partial charge on any atom is 0.243 e. The molecule has 0 aliphatic carbocycles. The van der Waals surface area contributed by atoms with E-state index in [9.17, 15) is 16.8 Å². The molecule has 1 fully saturated rings. The van der Waals surface area contributed by atoms with Crippen molar-refractivity contribution in [3.8, 4) is 0 Å². The molecular weight excluding hydrogens is 362 g/mol. The molecule has 0 saturated carbocycles. The smallest absolute Gasteiger partial charge is 0.243 e. The van der Waals surface area contributed by atoms with Gasteiger partial charge in [-0.3, -0.25) is 0 Å². The van der Waals surface area contributed by atoms with Gasteiger partial charge in [-0.25, -0.2) is 16.8 Å². The minimum atomic E-state index is -3.69. The number of nitrogens with zero attached hydrogens (tertiary/aromatic N) is 2. The minimum Gasteiger partial charge on any atom is -0.317 e. The first-order chi connectivity index (χ1) is 11.8. The van der Waals surface area contributed by atoms with Gasteiger partial charge in [-0.2, -0.15) is 8.61 Å². The summed E-state index contributed by atoms with van der Waals surface area (Å²) >= 11 is 0. The van der Waals surface area contributed by atoms with Gasteiger partial charge in [0.1, 0.15) is 0 Å². The summed E-state index contributed by atoms with van der Waals surface area (Å²) in [5.74, 6) is 0. The maximum atomic E-state index is 12.9. The van der Waals surface area contributed by atoms with Gasteiger partial charge in [0.25, 0.3) is 0 Å². The van der Waals surface area contributed by atoms with E-state index in [1.165, 1.54) is 32.9 Å². The number of rotatable bonds is 7. The van der Waals surface area contributed by atoms with Gasteiger partial charge in [0.15, 0.2) is 0 Å². The Morgan fingerprint density at radius 3 is 2.16 bits per heavy atom. The van der Waals surface area contributed by atoms with Crippen LogP contribution < -0.4 is 5.32 Å². The summed E-state index contributed by atoms with van der Waals surface area (Å²) in [6, 6.07) is 5.98. The third kappa shape index (κ3) is 4.22. The molecule has 142 valence electrons. The molecule has 1 aliphatic rings. The Balaban J connectivity index is 2.32. The van der Waals surface area contributed by atoms with Crippen molar-refractivity contribution in [3.05, 3.63) is 24.3 Å². The van der Waals surface area contributed by atoms with Gasteiger partial charge >= 0.3 is 0 Å². The van der Waals surface area contributed by atoms with E-state index in [0.717, 1.165) is 12.8 Å². The molecular formula is C16H27N3O4S2. The van der Waals surface area contributed by atoms with Crippen LogP contribution >= 0.6 is 0 Å². The van der Waals surface area contributed by atoms with E-state index in [2.05, 4.69) is 5.32 Å². The van der Waals surface area contributed by atoms with Crippen LogP contribution in [0, 0.1) is 0 Å². The molecule has 1 N–H and O–H groups in total. The summed E-state index contributed by atoms with van der Waals surface area (Å²) in [7, 11) is -5.51. The van der Waals surface area contributed by atoms with Gasteiger partial charge in [0.05, 0.1) is 9.79 Å². The number of hydrogen-bond donors (Lipinski definition) is 1. The molecule has 0 aromatic heterocycles. The Morgan fingerprint density at radius 2 is 1.64 bits per heavy atom. The van der Waals surface area contributed by atoms with E-state index in [0.29, 0.717) is 32.2 Å². The quantitative estimate of drug-likeness (QED) is 0.754. The lowest BCUT2D eigenvalue weighted by Crippen LogP contribution is -2.43. The van der Waals surface area contributed by atoms with Crippen molar-refractivity contribution in [1.29, 1.82) is 0 Å². The summed E-state index contributed by atoms with van der Waals surface area (Å²) in [6.07, 6.45) is 1.49. The Hall–Kier alpha value is -1.00. The molecule has 9 heteroatoms. The maximum absolute atomic E-state index is 12.9. The topological polar surface area (TPSA) is 86.8 Å². The largest absolute Gasteiger partial charge is 0.317 e. The monoisotopic (exact) mass is 389 g/mol. The van der Waals surface area contributed by atoms with Crippen molar-refractivity contribution in [3.63, 3.8) is 0 Å². The lowest BCUT2D eigenvalue weighted by molar-refractivity contribution is 0.298. The highest BCUT2D eigenvalue weighted by Gasteiger charge is 2.30. The van der Waals surface area contributed by atoms with Crippen molar-refractivity contribution in [2.75, 3.05) is 33.2 Å². The van der Waals surface area contributed by atoms with E-state index >= 15 is 0 Å². The highest BCUT2D eigenvalue weighted by atomic mass is 32.2. The fraction of sp³-hybridized carbons (Fsp3) is 0.625. The Labute approximate surface area is 151 Å². The first kappa shape index (κ1) is 20.3. The predicted molar refractivity (Wildman–Crippen MR) is 97.4 cm³/mol. The molecule has 0 amide bonds. The third-order valence-corrected chi connectivity index (χ3v) is 8.59. The first-order valence-corrected chi connectivity index (χ1v) is 11.4. The number of nitrogens with one attached hydrogen (secondary N) is 1. The van der Waals surface area contributed by atoms with E-state index < -0.39 is 20.0 Å². The Kier molecular flexibility index (Phi) is 6.61. The molecule has 2 rings (SSSR count). The molecule has 0 atom stereocenters. The standard InChI is InChI=1S/C16H27N3O4S2/c1-4-18(5-2)24(20,21)15-7-6-8-16(13-15)25(22,23)19-11-9-14(17-3)10-12-19/h6-8,13-14,17H,4-5,9-12H2,1-3H3. The highest BCUT2D eigenvalue weighted by Crippen LogP contribution is 2.24. The van der Waals surface area contributed by atoms with Crippen molar-refractivity contribution >= 4 is 20.0 Å². The van der Waals surface area contributed by atoms with Crippen LogP contribution in [-0.4, -0.2) is 64.7 Å². The molecule has 0 spiro atoms. The van der Waals surface area contributed by atoms with Gasteiger partial charge < -0.3 is 5.32 Å². The summed E-state index contributed by atoms with van der Waals surface area (Å²) in [5, 5.41) is 3.16. The van der Waals surface area contributed by atoms with E-state index in [-0.39, 0.29) is 9.79 Å². The van der Waals surface area contributed by atoms with Gasteiger partial charge in [-0.15, -0.1) is 0 Å². The second-order valence-electron chi connectivity index (χ2n) is 6.03. The molecule has 0 bridgehead atoms. The van der Waals surface area contributed by atoms with Gasteiger partial charge in [-0.1, -0.05) is 19.9 Å². The van der Waals surface area contributed by atoms with Gasteiger partial charge in [0, 0.05) is 32.2 Å². The van der Waals surface area contributed by atoms with E-state index in [1.54, 1.807) is 13.8 Å². The van der Waals surface area contributed by atoms with Crippen LogP contribution in [0.1, 0.15) is 26.7 Å². The zero-order valence-corrected chi connectivity index (χ0v) is 16.6. The van der Waals surface area contributed by atoms with Crippen LogP contribution in [-0.2, 0) is 20.0 Å². The predicted octanol–water partition coefficient (Wildman–Crippen LogP) is 1.09. The fourth-order valence-electron chi connectivity index (χ4n) is 3.04. The molecule has 0 radical (unpaired) electrons. The molecule has 7 nitrogen and oxygen atoms in total. The fourth-order valence-corrected chi connectivity index (χ4v) is 6.14.